The molecule has 0 bridgehead atoms. The quantitative estimate of drug-likeness (QED) is 0.775. The molecule has 1 heterocycles. The Morgan fingerprint density at radius 3 is 2.92 bits per heavy atom. The van der Waals surface area contributed by atoms with E-state index in [1.54, 1.807) is 0 Å². The van der Waals surface area contributed by atoms with E-state index in [1.807, 2.05) is 6.92 Å². The number of carboxylic acid groups (broad SMARTS) is 1. The monoisotopic (exact) mass is 188 g/mol. The van der Waals surface area contributed by atoms with E-state index in [0.29, 0.717) is 11.4 Å². The van der Waals surface area contributed by atoms with Gasteiger partial charge in [0.2, 0.25) is 0 Å². The summed E-state index contributed by atoms with van der Waals surface area (Å²) < 4.78 is 1.32. The highest BCUT2D eigenvalue weighted by molar-refractivity contribution is 6.31. The molecule has 1 aromatic heterocycles. The molecule has 0 aromatic carbocycles. The Labute approximate surface area is 74.8 Å². The first-order valence-electron chi connectivity index (χ1n) is 3.57. The van der Waals surface area contributed by atoms with Crippen LogP contribution in [0.15, 0.2) is 6.20 Å². The SMILES string of the molecule is CCc1nn(CC(=O)O)cc1Cl. The lowest BCUT2D eigenvalue weighted by Gasteiger charge is -1.93. The summed E-state index contributed by atoms with van der Waals surface area (Å²) in [5, 5.41) is 12.9. The number of halogens is 1. The molecule has 1 N–H and O–H groups in total. The Morgan fingerprint density at radius 1 is 1.83 bits per heavy atom. The van der Waals surface area contributed by atoms with Crippen LogP contribution < -0.4 is 0 Å². The topological polar surface area (TPSA) is 55.1 Å². The minimum absolute atomic E-state index is 0.139. The summed E-state index contributed by atoms with van der Waals surface area (Å²) in [6.45, 7) is 1.78. The molecule has 0 unspecified atom stereocenters. The molecule has 0 amide bonds. The molecule has 0 radical (unpaired) electrons. The fourth-order valence-corrected chi connectivity index (χ4v) is 1.18. The molecule has 5 heteroatoms. The second-order valence-corrected chi connectivity index (χ2v) is 2.78. The minimum atomic E-state index is -0.920. The number of carboxylic acids is 1. The van der Waals surface area contributed by atoms with Crippen LogP contribution in [0.4, 0.5) is 0 Å². The predicted octanol–water partition coefficient (Wildman–Crippen LogP) is 1.18. The summed E-state index contributed by atoms with van der Waals surface area (Å²) in [4.78, 5) is 10.3. The van der Waals surface area contributed by atoms with Crippen molar-refractivity contribution in [3.8, 4) is 0 Å². The maximum absolute atomic E-state index is 10.3. The lowest BCUT2D eigenvalue weighted by atomic mass is 10.3. The zero-order valence-electron chi connectivity index (χ0n) is 6.62. The zero-order valence-corrected chi connectivity index (χ0v) is 7.38. The minimum Gasteiger partial charge on any atom is -0.480 e. The van der Waals surface area contributed by atoms with Gasteiger partial charge in [-0.3, -0.25) is 9.48 Å². The van der Waals surface area contributed by atoms with Gasteiger partial charge in [-0.1, -0.05) is 18.5 Å². The van der Waals surface area contributed by atoms with Crippen LogP contribution in [0.25, 0.3) is 0 Å². The van der Waals surface area contributed by atoms with E-state index in [9.17, 15) is 4.79 Å². The second kappa shape index (κ2) is 3.58. The largest absolute Gasteiger partial charge is 0.480 e. The van der Waals surface area contributed by atoms with Crippen LogP contribution in [-0.2, 0) is 17.8 Å². The number of rotatable bonds is 3. The Morgan fingerprint density at radius 2 is 2.50 bits per heavy atom. The highest BCUT2D eigenvalue weighted by atomic mass is 35.5. The van der Waals surface area contributed by atoms with Gasteiger partial charge in [-0.15, -0.1) is 0 Å². The third kappa shape index (κ3) is 1.98. The molecule has 0 aliphatic carbocycles. The predicted molar refractivity (Wildman–Crippen MR) is 44.3 cm³/mol. The van der Waals surface area contributed by atoms with Crippen LogP contribution >= 0.6 is 11.6 Å². The van der Waals surface area contributed by atoms with Gasteiger partial charge >= 0.3 is 5.97 Å². The van der Waals surface area contributed by atoms with Crippen molar-refractivity contribution in [1.82, 2.24) is 9.78 Å². The molecule has 0 fully saturated rings. The average Bonchev–Trinajstić information content (AvgIpc) is 2.29. The smallest absolute Gasteiger partial charge is 0.325 e. The molecule has 1 aromatic rings. The van der Waals surface area contributed by atoms with E-state index >= 15 is 0 Å². The molecule has 0 spiro atoms. The van der Waals surface area contributed by atoms with E-state index in [1.165, 1.54) is 10.9 Å². The summed E-state index contributed by atoms with van der Waals surface area (Å²) in [5.74, 6) is -0.920. The van der Waals surface area contributed by atoms with Gasteiger partial charge in [0.15, 0.2) is 0 Å². The molecular weight excluding hydrogens is 180 g/mol. The first-order chi connectivity index (χ1) is 5.63. The summed E-state index contributed by atoms with van der Waals surface area (Å²) in [5.41, 5.74) is 0.734. The molecular formula is C7H9ClN2O2. The number of nitrogens with zero attached hydrogens (tertiary/aromatic N) is 2. The standard InChI is InChI=1S/C7H9ClN2O2/c1-2-6-5(8)3-10(9-6)4-7(11)12/h3H,2,4H2,1H3,(H,11,12). The Hall–Kier alpha value is -1.03. The van der Waals surface area contributed by atoms with E-state index in [2.05, 4.69) is 5.10 Å². The Balaban J connectivity index is 2.82. The van der Waals surface area contributed by atoms with Crippen molar-refractivity contribution in [1.29, 1.82) is 0 Å². The number of aryl methyl sites for hydroxylation is 1. The van der Waals surface area contributed by atoms with Crippen molar-refractivity contribution in [3.05, 3.63) is 16.9 Å². The van der Waals surface area contributed by atoms with Crippen molar-refractivity contribution in [2.45, 2.75) is 19.9 Å². The molecule has 4 nitrogen and oxygen atoms in total. The van der Waals surface area contributed by atoms with Crippen molar-refractivity contribution < 1.29 is 9.90 Å². The molecule has 12 heavy (non-hydrogen) atoms. The third-order valence-corrected chi connectivity index (χ3v) is 1.74. The van der Waals surface area contributed by atoms with E-state index < -0.39 is 5.97 Å². The highest BCUT2D eigenvalue weighted by Crippen LogP contribution is 2.13. The van der Waals surface area contributed by atoms with E-state index in [0.717, 1.165) is 5.69 Å². The number of carbonyl (C=O) groups is 1. The van der Waals surface area contributed by atoms with Gasteiger partial charge in [0, 0.05) is 6.20 Å². The van der Waals surface area contributed by atoms with Crippen molar-refractivity contribution in [2.24, 2.45) is 0 Å². The van der Waals surface area contributed by atoms with Gasteiger partial charge in [0.1, 0.15) is 6.54 Å². The first kappa shape index (κ1) is 9.06. The molecule has 1 rings (SSSR count). The maximum atomic E-state index is 10.3. The van der Waals surface area contributed by atoms with Crippen LogP contribution in [-0.4, -0.2) is 20.9 Å². The van der Waals surface area contributed by atoms with Gasteiger partial charge in [-0.2, -0.15) is 5.10 Å². The van der Waals surface area contributed by atoms with E-state index in [-0.39, 0.29) is 6.54 Å². The van der Waals surface area contributed by atoms with Crippen LogP contribution in [0.5, 0.6) is 0 Å². The van der Waals surface area contributed by atoms with Crippen molar-refractivity contribution >= 4 is 17.6 Å². The van der Waals surface area contributed by atoms with Crippen LogP contribution in [0.3, 0.4) is 0 Å². The number of aliphatic carboxylic acids is 1. The summed E-state index contributed by atoms with van der Waals surface area (Å²) in [6, 6.07) is 0. The van der Waals surface area contributed by atoms with Crippen LogP contribution in [0, 0.1) is 0 Å². The second-order valence-electron chi connectivity index (χ2n) is 2.37. The highest BCUT2D eigenvalue weighted by Gasteiger charge is 2.06. The molecule has 0 saturated carbocycles. The summed E-state index contributed by atoms with van der Waals surface area (Å²) in [7, 11) is 0. The molecule has 0 saturated heterocycles. The van der Waals surface area contributed by atoms with E-state index in [4.69, 9.17) is 16.7 Å². The van der Waals surface area contributed by atoms with Crippen molar-refractivity contribution in [2.75, 3.05) is 0 Å². The van der Waals surface area contributed by atoms with Gasteiger partial charge < -0.3 is 5.11 Å². The molecule has 0 atom stereocenters. The number of hydrogen-bond acceptors (Lipinski definition) is 2. The van der Waals surface area contributed by atoms with Gasteiger partial charge in [0.25, 0.3) is 0 Å². The lowest BCUT2D eigenvalue weighted by molar-refractivity contribution is -0.137. The summed E-state index contributed by atoms with van der Waals surface area (Å²) >= 11 is 5.75. The zero-order chi connectivity index (χ0) is 9.14. The van der Waals surface area contributed by atoms with Crippen LogP contribution in [0.1, 0.15) is 12.6 Å². The molecule has 0 aliphatic heterocycles. The number of hydrogen-bond donors (Lipinski definition) is 1. The average molecular weight is 189 g/mol. The first-order valence-corrected chi connectivity index (χ1v) is 3.95. The fourth-order valence-electron chi connectivity index (χ4n) is 0.896. The molecule has 66 valence electrons. The summed E-state index contributed by atoms with van der Waals surface area (Å²) in [6.07, 6.45) is 2.24. The third-order valence-electron chi connectivity index (χ3n) is 1.42. The molecule has 0 aliphatic rings. The van der Waals surface area contributed by atoms with Crippen molar-refractivity contribution in [3.63, 3.8) is 0 Å². The fraction of sp³-hybridized carbons (Fsp3) is 0.429. The van der Waals surface area contributed by atoms with Crippen LogP contribution in [0.2, 0.25) is 5.02 Å². The van der Waals surface area contributed by atoms with Gasteiger partial charge in [-0.05, 0) is 6.42 Å². The lowest BCUT2D eigenvalue weighted by Crippen LogP contribution is -2.09. The maximum Gasteiger partial charge on any atom is 0.325 e. The Kier molecular flexibility index (Phi) is 2.70. The number of aromatic nitrogens is 2. The van der Waals surface area contributed by atoms with Gasteiger partial charge in [-0.25, -0.2) is 0 Å². The van der Waals surface area contributed by atoms with Gasteiger partial charge in [0.05, 0.1) is 10.7 Å². The normalized spacial score (nSPS) is 10.2. The Bertz CT molecular complexity index is 296.